The molecule has 0 saturated heterocycles. The summed E-state index contributed by atoms with van der Waals surface area (Å²) < 4.78 is 13.3. The normalized spacial score (nSPS) is 16.9. The zero-order valence-corrected chi connectivity index (χ0v) is 9.37. The second-order valence-corrected chi connectivity index (χ2v) is 4.53. The Kier molecular flexibility index (Phi) is 3.22. The Morgan fingerprint density at radius 1 is 1.50 bits per heavy atom. The molecule has 0 spiro atoms. The maximum Gasteiger partial charge on any atom is 0.254 e. The molecule has 0 aliphatic heterocycles. The van der Waals surface area contributed by atoms with Crippen molar-refractivity contribution in [3.8, 4) is 0 Å². The molecule has 0 aromatic heterocycles. The van der Waals surface area contributed by atoms with E-state index in [0.29, 0.717) is 0 Å². The van der Waals surface area contributed by atoms with Crippen LogP contribution >= 0.6 is 0 Å². The molecule has 0 bridgehead atoms. The van der Waals surface area contributed by atoms with E-state index in [9.17, 15) is 9.18 Å². The van der Waals surface area contributed by atoms with Crippen LogP contribution in [0.1, 0.15) is 36.5 Å². The predicted octanol–water partition coefficient (Wildman–Crippen LogP) is 2.74. The van der Waals surface area contributed by atoms with Crippen LogP contribution in [0.3, 0.4) is 0 Å². The van der Waals surface area contributed by atoms with Gasteiger partial charge in [0.1, 0.15) is 5.82 Å². The molecule has 3 heteroatoms. The van der Waals surface area contributed by atoms with Gasteiger partial charge >= 0.3 is 0 Å². The van der Waals surface area contributed by atoms with Crippen LogP contribution in [-0.4, -0.2) is 11.9 Å². The summed E-state index contributed by atoms with van der Waals surface area (Å²) in [6.45, 7) is 1.97. The molecule has 0 heterocycles. The fourth-order valence-corrected chi connectivity index (χ4v) is 1.86. The Balaban J connectivity index is 1.94. The molecule has 1 unspecified atom stereocenters. The zero-order chi connectivity index (χ0) is 11.5. The minimum Gasteiger partial charge on any atom is -0.349 e. The second-order valence-electron chi connectivity index (χ2n) is 4.53. The molecule has 1 atom stereocenters. The fraction of sp³-hybridized carbons (Fsp3) is 0.462. The Morgan fingerprint density at radius 2 is 2.19 bits per heavy atom. The third-order valence-corrected chi connectivity index (χ3v) is 2.88. The van der Waals surface area contributed by atoms with E-state index in [-0.39, 0.29) is 17.5 Å². The number of rotatable bonds is 4. The summed E-state index contributed by atoms with van der Waals surface area (Å²) in [6, 6.07) is 6.19. The van der Waals surface area contributed by atoms with E-state index in [1.807, 2.05) is 6.92 Å². The summed E-state index contributed by atoms with van der Waals surface area (Å²) in [7, 11) is 0. The van der Waals surface area contributed by atoms with E-state index in [0.717, 1.165) is 12.3 Å². The minimum absolute atomic E-state index is 0.125. The van der Waals surface area contributed by atoms with Gasteiger partial charge in [-0.05, 0) is 31.4 Å². The molecule has 16 heavy (non-hydrogen) atoms. The van der Waals surface area contributed by atoms with Gasteiger partial charge in [-0.1, -0.05) is 25.0 Å². The number of nitrogens with one attached hydrogen (secondary N) is 1. The van der Waals surface area contributed by atoms with Crippen LogP contribution in [0.25, 0.3) is 0 Å². The topological polar surface area (TPSA) is 29.1 Å². The van der Waals surface area contributed by atoms with Crippen LogP contribution in [0.15, 0.2) is 24.3 Å². The number of halogens is 1. The lowest BCUT2D eigenvalue weighted by atomic mass is 10.1. The quantitative estimate of drug-likeness (QED) is 0.832. The molecule has 1 aromatic carbocycles. The van der Waals surface area contributed by atoms with E-state index in [1.165, 1.54) is 25.0 Å². The lowest BCUT2D eigenvalue weighted by Crippen LogP contribution is -2.33. The van der Waals surface area contributed by atoms with Crippen molar-refractivity contribution in [2.75, 3.05) is 0 Å². The molecule has 2 rings (SSSR count). The Hall–Kier alpha value is -1.38. The highest BCUT2D eigenvalue weighted by atomic mass is 19.1. The van der Waals surface area contributed by atoms with Gasteiger partial charge in [0.2, 0.25) is 0 Å². The second kappa shape index (κ2) is 4.64. The molecule has 1 aliphatic carbocycles. The first-order valence-corrected chi connectivity index (χ1v) is 5.72. The molecule has 1 amide bonds. The Morgan fingerprint density at radius 3 is 2.81 bits per heavy atom. The Bertz CT molecular complexity index is 387. The highest BCUT2D eigenvalue weighted by Crippen LogP contribution is 2.33. The molecule has 2 nitrogen and oxygen atoms in total. The first-order valence-electron chi connectivity index (χ1n) is 5.72. The van der Waals surface area contributed by atoms with Crippen molar-refractivity contribution >= 4 is 5.91 Å². The van der Waals surface area contributed by atoms with Gasteiger partial charge in [0.15, 0.2) is 0 Å². The first-order chi connectivity index (χ1) is 7.66. The average Bonchev–Trinajstić information content (AvgIpc) is 3.01. The summed E-state index contributed by atoms with van der Waals surface area (Å²) in [6.07, 6.45) is 3.53. The summed E-state index contributed by atoms with van der Waals surface area (Å²) >= 11 is 0. The number of benzene rings is 1. The van der Waals surface area contributed by atoms with Crippen LogP contribution in [-0.2, 0) is 0 Å². The number of carbonyl (C=O) groups is 1. The lowest BCUT2D eigenvalue weighted by molar-refractivity contribution is 0.0933. The van der Waals surface area contributed by atoms with E-state index < -0.39 is 5.82 Å². The lowest BCUT2D eigenvalue weighted by Gasteiger charge is -2.13. The third kappa shape index (κ3) is 2.81. The van der Waals surface area contributed by atoms with Gasteiger partial charge < -0.3 is 5.32 Å². The molecule has 86 valence electrons. The van der Waals surface area contributed by atoms with Crippen molar-refractivity contribution in [1.82, 2.24) is 5.32 Å². The zero-order valence-electron chi connectivity index (χ0n) is 9.37. The van der Waals surface area contributed by atoms with Gasteiger partial charge in [-0.3, -0.25) is 4.79 Å². The van der Waals surface area contributed by atoms with Gasteiger partial charge in [-0.15, -0.1) is 0 Å². The van der Waals surface area contributed by atoms with Gasteiger partial charge in [-0.2, -0.15) is 0 Å². The summed E-state index contributed by atoms with van der Waals surface area (Å²) in [5, 5.41) is 2.83. The first kappa shape index (κ1) is 11.1. The van der Waals surface area contributed by atoms with E-state index >= 15 is 0 Å². The number of carbonyl (C=O) groups excluding carboxylic acids is 1. The largest absolute Gasteiger partial charge is 0.349 e. The summed E-state index contributed by atoms with van der Waals surface area (Å²) in [4.78, 5) is 11.7. The molecule has 1 aromatic rings. The van der Waals surface area contributed by atoms with Gasteiger partial charge in [0.25, 0.3) is 5.91 Å². The molecular formula is C13H16FNO. The molecule has 1 aliphatic rings. The van der Waals surface area contributed by atoms with Crippen LogP contribution < -0.4 is 5.32 Å². The third-order valence-electron chi connectivity index (χ3n) is 2.88. The van der Waals surface area contributed by atoms with Crippen molar-refractivity contribution in [1.29, 1.82) is 0 Å². The maximum atomic E-state index is 13.3. The predicted molar refractivity (Wildman–Crippen MR) is 60.7 cm³/mol. The molecule has 1 fully saturated rings. The molecule has 0 radical (unpaired) electrons. The van der Waals surface area contributed by atoms with Gasteiger partial charge in [0.05, 0.1) is 5.56 Å². The van der Waals surface area contributed by atoms with Gasteiger partial charge in [-0.25, -0.2) is 4.39 Å². The van der Waals surface area contributed by atoms with E-state index in [2.05, 4.69) is 5.32 Å². The van der Waals surface area contributed by atoms with Crippen molar-refractivity contribution in [3.63, 3.8) is 0 Å². The van der Waals surface area contributed by atoms with E-state index in [4.69, 9.17) is 0 Å². The highest BCUT2D eigenvalue weighted by molar-refractivity contribution is 5.94. The Labute approximate surface area is 94.9 Å². The maximum absolute atomic E-state index is 13.3. The number of amides is 1. The van der Waals surface area contributed by atoms with Crippen molar-refractivity contribution in [2.45, 2.75) is 32.2 Å². The van der Waals surface area contributed by atoms with Gasteiger partial charge in [0, 0.05) is 6.04 Å². The monoisotopic (exact) mass is 221 g/mol. The van der Waals surface area contributed by atoms with Crippen LogP contribution in [0, 0.1) is 11.7 Å². The number of hydrogen-bond acceptors (Lipinski definition) is 1. The van der Waals surface area contributed by atoms with Crippen molar-refractivity contribution in [2.24, 2.45) is 5.92 Å². The summed E-state index contributed by atoms with van der Waals surface area (Å²) in [5.41, 5.74) is 0.130. The standard InChI is InChI=1S/C13H16FNO/c1-9(8-10-6-7-10)15-13(16)11-4-2-3-5-12(11)14/h2-5,9-10H,6-8H2,1H3,(H,15,16). The van der Waals surface area contributed by atoms with Crippen molar-refractivity contribution < 1.29 is 9.18 Å². The highest BCUT2D eigenvalue weighted by Gasteiger charge is 2.24. The SMILES string of the molecule is CC(CC1CC1)NC(=O)c1ccccc1F. The van der Waals surface area contributed by atoms with Crippen LogP contribution in [0.2, 0.25) is 0 Å². The summed E-state index contributed by atoms with van der Waals surface area (Å²) in [5.74, 6) is -0.0132. The molecule has 1 N–H and O–H groups in total. The molecule has 1 saturated carbocycles. The molecular weight excluding hydrogens is 205 g/mol. The average molecular weight is 221 g/mol. The number of hydrogen-bond donors (Lipinski definition) is 1. The fourth-order valence-electron chi connectivity index (χ4n) is 1.86. The van der Waals surface area contributed by atoms with E-state index in [1.54, 1.807) is 12.1 Å². The van der Waals surface area contributed by atoms with Crippen molar-refractivity contribution in [3.05, 3.63) is 35.6 Å². The smallest absolute Gasteiger partial charge is 0.254 e. The van der Waals surface area contributed by atoms with Crippen LogP contribution in [0.4, 0.5) is 4.39 Å². The minimum atomic E-state index is -0.460. The van der Waals surface area contributed by atoms with Crippen LogP contribution in [0.5, 0.6) is 0 Å².